The third-order valence-corrected chi connectivity index (χ3v) is 4.10. The number of hydrogen-bond acceptors (Lipinski definition) is 4. The van der Waals surface area contributed by atoms with Gasteiger partial charge >= 0.3 is 5.97 Å². The number of nitrogens with one attached hydrogen (secondary N) is 1. The van der Waals surface area contributed by atoms with E-state index in [4.69, 9.17) is 0 Å². The minimum absolute atomic E-state index is 0.0119. The average molecular weight is 263 g/mol. The summed E-state index contributed by atoms with van der Waals surface area (Å²) in [5, 5.41) is 1.68. The Hall–Kier alpha value is -0.910. The summed E-state index contributed by atoms with van der Waals surface area (Å²) in [6, 6.07) is 0.0119. The van der Waals surface area contributed by atoms with Crippen molar-refractivity contribution in [3.8, 4) is 0 Å². The molecule has 0 bridgehead atoms. The van der Waals surface area contributed by atoms with E-state index in [0.29, 0.717) is 0 Å². The molecule has 0 aliphatic carbocycles. The number of methoxy groups -OCH3 is 1. The summed E-state index contributed by atoms with van der Waals surface area (Å²) in [5.74, 6) is -0.669. The largest absolute Gasteiger partial charge is 0.469 e. The van der Waals surface area contributed by atoms with Crippen LogP contribution in [0.3, 0.4) is 0 Å². The third kappa shape index (κ3) is 5.81. The molecule has 5 nitrogen and oxygen atoms in total. The number of rotatable bonds is 6. The van der Waals surface area contributed by atoms with Crippen LogP contribution in [0.1, 0.15) is 34.1 Å². The number of esters is 1. The van der Waals surface area contributed by atoms with Gasteiger partial charge in [-0.2, -0.15) is 0 Å². The Labute approximate surface area is 105 Å². The second-order valence-corrected chi connectivity index (χ2v) is 6.39. The van der Waals surface area contributed by atoms with Crippen LogP contribution in [0.25, 0.3) is 0 Å². The maximum Gasteiger partial charge on any atom is 0.306 e. The average Bonchev–Trinajstić information content (AvgIpc) is 2.25. The van der Waals surface area contributed by atoms with Crippen molar-refractivity contribution in [2.24, 2.45) is 0 Å². The predicted octanol–water partition coefficient (Wildman–Crippen LogP) is 0.600. The van der Waals surface area contributed by atoms with Gasteiger partial charge in [0.2, 0.25) is 5.91 Å². The first kappa shape index (κ1) is 16.1. The van der Waals surface area contributed by atoms with E-state index < -0.39 is 27.3 Å². The molecule has 3 atom stereocenters. The van der Waals surface area contributed by atoms with E-state index in [1.54, 1.807) is 13.8 Å². The molecule has 0 aliphatic rings. The van der Waals surface area contributed by atoms with E-state index in [1.165, 1.54) is 7.11 Å². The zero-order valence-electron chi connectivity index (χ0n) is 11.0. The van der Waals surface area contributed by atoms with Crippen LogP contribution in [0.4, 0.5) is 0 Å². The first-order chi connectivity index (χ1) is 7.79. The highest BCUT2D eigenvalue weighted by molar-refractivity contribution is 7.87. The number of carbonyl (C=O) groups is 2. The van der Waals surface area contributed by atoms with Gasteiger partial charge in [0.25, 0.3) is 0 Å². The highest BCUT2D eigenvalue weighted by Gasteiger charge is 2.26. The Balaban J connectivity index is 4.38. The summed E-state index contributed by atoms with van der Waals surface area (Å²) in [7, 11) is -0.106. The number of carbonyl (C=O) groups excluding carboxylic acids is 2. The first-order valence-corrected chi connectivity index (χ1v) is 6.83. The molecule has 0 aromatic heterocycles. The molecule has 0 fully saturated rings. The van der Waals surface area contributed by atoms with E-state index in [0.717, 1.165) is 0 Å². The lowest BCUT2D eigenvalue weighted by molar-refractivity contribution is -0.140. The van der Waals surface area contributed by atoms with Gasteiger partial charge in [0, 0.05) is 22.1 Å². The van der Waals surface area contributed by atoms with E-state index >= 15 is 0 Å². The molecule has 0 aromatic carbocycles. The molecule has 0 aromatic rings. The van der Waals surface area contributed by atoms with Gasteiger partial charge < -0.3 is 10.1 Å². The van der Waals surface area contributed by atoms with E-state index in [-0.39, 0.29) is 18.4 Å². The fourth-order valence-corrected chi connectivity index (χ4v) is 2.53. The summed E-state index contributed by atoms with van der Waals surface area (Å²) in [4.78, 5) is 22.7. The number of ether oxygens (including phenoxy) is 1. The lowest BCUT2D eigenvalue weighted by Crippen LogP contribution is -2.41. The Morgan fingerprint density at radius 1 is 1.24 bits per heavy atom. The van der Waals surface area contributed by atoms with Crippen molar-refractivity contribution >= 4 is 22.7 Å². The fraction of sp³-hybridized carbons (Fsp3) is 0.818. The van der Waals surface area contributed by atoms with Gasteiger partial charge in [0.15, 0.2) is 0 Å². The topological polar surface area (TPSA) is 72.5 Å². The molecule has 0 radical (unpaired) electrons. The zero-order valence-corrected chi connectivity index (χ0v) is 11.8. The van der Waals surface area contributed by atoms with Crippen molar-refractivity contribution in [3.63, 3.8) is 0 Å². The van der Waals surface area contributed by atoms with Crippen LogP contribution in [0.5, 0.6) is 0 Å². The molecule has 0 rings (SSSR count). The van der Waals surface area contributed by atoms with Crippen LogP contribution < -0.4 is 5.32 Å². The van der Waals surface area contributed by atoms with Crippen LogP contribution in [0.2, 0.25) is 0 Å². The summed E-state index contributed by atoms with van der Waals surface area (Å²) < 4.78 is 16.5. The van der Waals surface area contributed by atoms with Gasteiger partial charge in [-0.25, -0.2) is 0 Å². The van der Waals surface area contributed by atoms with Gasteiger partial charge in [-0.05, 0) is 20.8 Å². The van der Waals surface area contributed by atoms with Crippen LogP contribution in [0, 0.1) is 0 Å². The quantitative estimate of drug-likeness (QED) is 0.712. The smallest absolute Gasteiger partial charge is 0.306 e. The fourth-order valence-electron chi connectivity index (χ4n) is 1.26. The summed E-state index contributed by atoms with van der Waals surface area (Å²) in [6.07, 6.45) is 0.0579. The molecule has 17 heavy (non-hydrogen) atoms. The third-order valence-electron chi connectivity index (χ3n) is 2.23. The lowest BCUT2D eigenvalue weighted by Gasteiger charge is -2.17. The molecule has 3 unspecified atom stereocenters. The summed E-state index contributed by atoms with van der Waals surface area (Å²) in [6.45, 7) is 6.95. The van der Waals surface area contributed by atoms with Gasteiger partial charge in [-0.3, -0.25) is 13.8 Å². The highest BCUT2D eigenvalue weighted by atomic mass is 32.2. The standard InChI is InChI=1S/C11H21NO4S/c1-7(2)12-11(14)9(4)17(15)8(3)6-10(13)16-5/h7-9H,6H2,1-5H3,(H,12,14). The minimum Gasteiger partial charge on any atom is -0.469 e. The van der Waals surface area contributed by atoms with Crippen molar-refractivity contribution in [3.05, 3.63) is 0 Å². The molecular weight excluding hydrogens is 242 g/mol. The van der Waals surface area contributed by atoms with E-state index in [9.17, 15) is 13.8 Å². The molecule has 1 amide bonds. The second-order valence-electron chi connectivity index (χ2n) is 4.22. The molecule has 100 valence electrons. The number of hydrogen-bond donors (Lipinski definition) is 1. The minimum atomic E-state index is -1.39. The molecule has 6 heteroatoms. The Morgan fingerprint density at radius 3 is 2.18 bits per heavy atom. The van der Waals surface area contributed by atoms with Crippen molar-refractivity contribution in [2.75, 3.05) is 7.11 Å². The predicted molar refractivity (Wildman–Crippen MR) is 67.0 cm³/mol. The van der Waals surface area contributed by atoms with Gasteiger partial charge in [-0.15, -0.1) is 0 Å². The molecule has 0 aliphatic heterocycles. The SMILES string of the molecule is COC(=O)CC(C)S(=O)C(C)C(=O)NC(C)C. The maximum atomic E-state index is 12.0. The van der Waals surface area contributed by atoms with Crippen molar-refractivity contribution in [1.29, 1.82) is 0 Å². The Morgan fingerprint density at radius 2 is 1.76 bits per heavy atom. The van der Waals surface area contributed by atoms with Crippen LogP contribution in [-0.4, -0.2) is 39.7 Å². The molecule has 1 N–H and O–H groups in total. The van der Waals surface area contributed by atoms with E-state index in [2.05, 4.69) is 10.1 Å². The lowest BCUT2D eigenvalue weighted by atomic mass is 10.3. The van der Waals surface area contributed by atoms with Crippen molar-refractivity contribution in [1.82, 2.24) is 5.32 Å². The molecule has 0 saturated heterocycles. The molecular formula is C11H21NO4S. The van der Waals surface area contributed by atoms with Crippen LogP contribution >= 0.6 is 0 Å². The van der Waals surface area contributed by atoms with Gasteiger partial charge in [0.05, 0.1) is 13.5 Å². The zero-order chi connectivity index (χ0) is 13.6. The van der Waals surface area contributed by atoms with Crippen LogP contribution in [-0.2, 0) is 25.1 Å². The monoisotopic (exact) mass is 263 g/mol. The Kier molecular flexibility index (Phi) is 7.03. The van der Waals surface area contributed by atoms with Gasteiger partial charge in [0.1, 0.15) is 5.25 Å². The molecule has 0 heterocycles. The number of amides is 1. The molecule has 0 saturated carbocycles. The highest BCUT2D eigenvalue weighted by Crippen LogP contribution is 2.09. The summed E-state index contributed by atoms with van der Waals surface area (Å²) >= 11 is 0. The normalized spacial score (nSPS) is 16.1. The second kappa shape index (κ2) is 7.42. The molecule has 0 spiro atoms. The Bertz CT molecular complexity index is 304. The first-order valence-electron chi connectivity index (χ1n) is 5.56. The van der Waals surface area contributed by atoms with Crippen molar-refractivity contribution in [2.45, 2.75) is 50.7 Å². The van der Waals surface area contributed by atoms with Crippen LogP contribution in [0.15, 0.2) is 0 Å². The van der Waals surface area contributed by atoms with Gasteiger partial charge in [-0.1, -0.05) is 6.92 Å². The van der Waals surface area contributed by atoms with E-state index in [1.807, 2.05) is 13.8 Å². The van der Waals surface area contributed by atoms with Crippen molar-refractivity contribution < 1.29 is 18.5 Å². The maximum absolute atomic E-state index is 12.0. The summed E-state index contributed by atoms with van der Waals surface area (Å²) in [5.41, 5.74) is 0.